The van der Waals surface area contributed by atoms with Gasteiger partial charge in [0.15, 0.2) is 0 Å². The van der Waals surface area contributed by atoms with Crippen molar-refractivity contribution in [1.82, 2.24) is 0 Å². The first kappa shape index (κ1) is 25.3. The maximum absolute atomic E-state index is 10.1. The van der Waals surface area contributed by atoms with E-state index in [-0.39, 0.29) is 109 Å². The van der Waals surface area contributed by atoms with Gasteiger partial charge in [0.25, 0.3) is 0 Å². The average Bonchev–Trinajstić information content (AvgIpc) is 2.14. The summed E-state index contributed by atoms with van der Waals surface area (Å²) >= 11 is 0. The van der Waals surface area contributed by atoms with Crippen molar-refractivity contribution < 1.29 is 122 Å². The molecule has 0 rings (SSSR count). The van der Waals surface area contributed by atoms with E-state index in [9.17, 15) is 14.4 Å². The Kier molecular flexibility index (Phi) is 26.0. The number of unbranched alkanes of at least 4 members (excludes halogenated alkanes) is 7. The molecule has 0 atom stereocenters. The number of hydrogen-bond acceptors (Lipinski definition) is 4. The summed E-state index contributed by atoms with van der Waals surface area (Å²) in [5.74, 6) is 0. The third kappa shape index (κ3) is 24.8. The number of phosphoric acid groups is 1. The van der Waals surface area contributed by atoms with Crippen molar-refractivity contribution in [1.29, 1.82) is 0 Å². The number of hydrogen-bond donors (Lipinski definition) is 0. The molecule has 0 saturated heterocycles. The van der Waals surface area contributed by atoms with E-state index in [1.807, 2.05) is 0 Å². The molecule has 0 saturated carbocycles. The van der Waals surface area contributed by atoms with Crippen LogP contribution >= 0.6 is 7.82 Å². The van der Waals surface area contributed by atoms with Crippen molar-refractivity contribution >= 4 is 7.82 Å². The Morgan fingerprint density at radius 3 is 1.71 bits per heavy atom. The third-order valence-corrected chi connectivity index (χ3v) is 2.75. The average molecular weight is 314 g/mol. The molecule has 17 heavy (non-hydrogen) atoms. The monoisotopic (exact) mass is 314 g/mol. The van der Waals surface area contributed by atoms with Crippen LogP contribution < -0.4 is 113 Å². The molecule has 0 aromatic carbocycles. The Labute approximate surface area is 190 Å². The van der Waals surface area contributed by atoms with Crippen molar-refractivity contribution in [3.63, 3.8) is 0 Å². The largest absolute Gasteiger partial charge is 1.00 e. The molecule has 0 aliphatic rings. The quantitative estimate of drug-likeness (QED) is 0.234. The van der Waals surface area contributed by atoms with Crippen LogP contribution in [0.2, 0.25) is 0 Å². The predicted molar refractivity (Wildman–Crippen MR) is 56.2 cm³/mol. The van der Waals surface area contributed by atoms with Gasteiger partial charge in [-0.25, -0.2) is 0 Å². The zero-order valence-electron chi connectivity index (χ0n) is 11.4. The van der Waals surface area contributed by atoms with Crippen LogP contribution in [-0.4, -0.2) is 6.61 Å². The molecular formula is C10H21K2O4P. The Hall–Kier alpha value is 3.38. The van der Waals surface area contributed by atoms with E-state index in [0.29, 0.717) is 6.42 Å². The van der Waals surface area contributed by atoms with Gasteiger partial charge in [0.05, 0.1) is 14.4 Å². The van der Waals surface area contributed by atoms with Gasteiger partial charge in [-0.2, -0.15) is 0 Å². The smallest absolute Gasteiger partial charge is 0.790 e. The standard InChI is InChI=1S/C10H23O4P.2K/c1-2-3-4-5-6-7-8-9-10-14-15(11,12)13;;/h2-10H2,1H3,(H2,11,12,13);;/q;2*+1/p-2. The number of rotatable bonds is 10. The van der Waals surface area contributed by atoms with Gasteiger partial charge >= 0.3 is 103 Å². The second kappa shape index (κ2) is 17.4. The molecule has 0 fully saturated rings. The van der Waals surface area contributed by atoms with Crippen LogP contribution in [0.3, 0.4) is 0 Å². The molecule has 92 valence electrons. The van der Waals surface area contributed by atoms with Crippen molar-refractivity contribution in [3.8, 4) is 0 Å². The SMILES string of the molecule is CCCCCCCCCCOP(=O)([O-])[O-].[K+].[K+]. The van der Waals surface area contributed by atoms with Crippen molar-refractivity contribution in [3.05, 3.63) is 0 Å². The van der Waals surface area contributed by atoms with Crippen molar-refractivity contribution in [2.24, 2.45) is 0 Å². The molecule has 0 amide bonds. The molecule has 0 aliphatic carbocycles. The second-order valence-electron chi connectivity index (χ2n) is 3.76. The van der Waals surface area contributed by atoms with Gasteiger partial charge < -0.3 is 18.9 Å². The predicted octanol–water partition coefficient (Wildman–Crippen LogP) is -4.02. The van der Waals surface area contributed by atoms with Gasteiger partial charge in [-0.1, -0.05) is 51.9 Å². The van der Waals surface area contributed by atoms with Gasteiger partial charge in [0, 0.05) is 0 Å². The molecule has 0 bridgehead atoms. The van der Waals surface area contributed by atoms with Gasteiger partial charge in [-0.15, -0.1) is 0 Å². The minimum Gasteiger partial charge on any atom is -0.790 e. The van der Waals surface area contributed by atoms with Crippen LogP contribution in [0.15, 0.2) is 0 Å². The second-order valence-corrected chi connectivity index (χ2v) is 4.91. The van der Waals surface area contributed by atoms with Gasteiger partial charge in [-0.05, 0) is 6.42 Å². The maximum Gasteiger partial charge on any atom is 1.00 e. The van der Waals surface area contributed by atoms with Gasteiger partial charge in [0.2, 0.25) is 0 Å². The van der Waals surface area contributed by atoms with Crippen LogP contribution in [0.25, 0.3) is 0 Å². The summed E-state index contributed by atoms with van der Waals surface area (Å²) in [5.41, 5.74) is 0. The minimum atomic E-state index is -4.74. The summed E-state index contributed by atoms with van der Waals surface area (Å²) in [4.78, 5) is 20.2. The fourth-order valence-corrected chi connectivity index (χ4v) is 1.77. The Morgan fingerprint density at radius 2 is 1.29 bits per heavy atom. The fraction of sp³-hybridized carbons (Fsp3) is 1.00. The molecule has 0 aliphatic heterocycles. The molecule has 0 aromatic heterocycles. The molecule has 4 nitrogen and oxygen atoms in total. The van der Waals surface area contributed by atoms with E-state index in [0.717, 1.165) is 12.8 Å². The summed E-state index contributed by atoms with van der Waals surface area (Å²) in [6, 6.07) is 0. The zero-order chi connectivity index (χ0) is 11.6. The van der Waals surface area contributed by atoms with E-state index in [2.05, 4.69) is 11.4 Å². The van der Waals surface area contributed by atoms with Gasteiger partial charge in [0.1, 0.15) is 0 Å². The van der Waals surface area contributed by atoms with Crippen molar-refractivity contribution in [2.45, 2.75) is 58.3 Å². The van der Waals surface area contributed by atoms with E-state index >= 15 is 0 Å². The first-order valence-electron chi connectivity index (χ1n) is 5.73. The molecule has 0 N–H and O–H groups in total. The zero-order valence-corrected chi connectivity index (χ0v) is 18.6. The van der Waals surface area contributed by atoms with Gasteiger partial charge in [-0.3, -0.25) is 0 Å². The Bertz CT molecular complexity index is 187. The van der Waals surface area contributed by atoms with E-state index in [1.165, 1.54) is 32.1 Å². The minimum absolute atomic E-state index is 0. The van der Waals surface area contributed by atoms with Crippen LogP contribution in [0.5, 0.6) is 0 Å². The molecule has 0 unspecified atom stereocenters. The molecule has 0 aromatic rings. The first-order chi connectivity index (χ1) is 7.06. The summed E-state index contributed by atoms with van der Waals surface area (Å²) in [7, 11) is -4.74. The topological polar surface area (TPSA) is 72.4 Å². The summed E-state index contributed by atoms with van der Waals surface area (Å²) < 4.78 is 14.2. The van der Waals surface area contributed by atoms with E-state index in [4.69, 9.17) is 0 Å². The summed E-state index contributed by atoms with van der Waals surface area (Å²) in [6.45, 7) is 2.22. The van der Waals surface area contributed by atoms with Crippen LogP contribution in [0.1, 0.15) is 58.3 Å². The van der Waals surface area contributed by atoms with Crippen LogP contribution in [-0.2, 0) is 9.09 Å². The Balaban J connectivity index is -0.000000980. The fourth-order valence-electron chi connectivity index (χ4n) is 1.41. The normalized spacial score (nSPS) is 10.5. The molecular weight excluding hydrogens is 293 g/mol. The first-order valence-corrected chi connectivity index (χ1v) is 7.19. The molecule has 7 heteroatoms. The molecule has 0 radical (unpaired) electrons. The summed E-state index contributed by atoms with van der Waals surface area (Å²) in [6.07, 6.45) is 8.93. The van der Waals surface area contributed by atoms with Crippen molar-refractivity contribution in [2.75, 3.05) is 6.61 Å². The molecule has 0 spiro atoms. The van der Waals surface area contributed by atoms with E-state index in [1.54, 1.807) is 0 Å². The molecule has 0 heterocycles. The van der Waals surface area contributed by atoms with Crippen LogP contribution in [0.4, 0.5) is 0 Å². The summed E-state index contributed by atoms with van der Waals surface area (Å²) in [5, 5.41) is 0. The van der Waals surface area contributed by atoms with Crippen LogP contribution in [0, 0.1) is 0 Å². The third-order valence-electron chi connectivity index (χ3n) is 2.25. The maximum atomic E-state index is 10.1. The number of phosphoric ester groups is 1. The Morgan fingerprint density at radius 1 is 0.882 bits per heavy atom. The van der Waals surface area contributed by atoms with E-state index < -0.39 is 7.82 Å².